The lowest BCUT2D eigenvalue weighted by Gasteiger charge is -2.10. The zero-order valence-electron chi connectivity index (χ0n) is 10.9. The summed E-state index contributed by atoms with van der Waals surface area (Å²) < 4.78 is 0. The van der Waals surface area contributed by atoms with Crippen LogP contribution in [0.15, 0.2) is 47.5 Å². The fraction of sp³-hybridized carbons (Fsp3) is 0.0667. The Morgan fingerprint density at radius 2 is 1.90 bits per heavy atom. The number of hydrogen-bond acceptors (Lipinski definition) is 4. The van der Waals surface area contributed by atoms with E-state index in [9.17, 15) is 9.90 Å². The van der Waals surface area contributed by atoms with E-state index >= 15 is 0 Å². The van der Waals surface area contributed by atoms with E-state index in [1.165, 1.54) is 0 Å². The van der Waals surface area contributed by atoms with Crippen LogP contribution in [0.25, 0.3) is 0 Å². The van der Waals surface area contributed by atoms with E-state index in [4.69, 9.17) is 17.3 Å². The number of hydrogen-bond donors (Lipinski definition) is 3. The molecule has 2 aromatic rings. The fourth-order valence-corrected chi connectivity index (χ4v) is 2.31. The van der Waals surface area contributed by atoms with Gasteiger partial charge in [0.05, 0.1) is 11.4 Å². The standard InChI is InChI=1S/C15H12ClN3O2/c16-9-3-6-12-11(7-9)13(19-15(21)14(20)18-12)8-1-4-10(17)5-2-8/h1-7,15,21H,17H2,(H,18,20). The van der Waals surface area contributed by atoms with E-state index in [2.05, 4.69) is 10.3 Å². The van der Waals surface area contributed by atoms with Crippen LogP contribution in [0.2, 0.25) is 5.02 Å². The van der Waals surface area contributed by atoms with Crippen molar-refractivity contribution in [3.05, 3.63) is 58.6 Å². The predicted molar refractivity (Wildman–Crippen MR) is 82.6 cm³/mol. The van der Waals surface area contributed by atoms with Crippen LogP contribution in [-0.2, 0) is 4.79 Å². The number of nitrogens with one attached hydrogen (secondary N) is 1. The Morgan fingerprint density at radius 1 is 1.19 bits per heavy atom. The van der Waals surface area contributed by atoms with Crippen molar-refractivity contribution < 1.29 is 9.90 Å². The van der Waals surface area contributed by atoms with E-state index in [1.807, 2.05) is 0 Å². The Labute approximate surface area is 126 Å². The van der Waals surface area contributed by atoms with Gasteiger partial charge < -0.3 is 16.2 Å². The lowest BCUT2D eigenvalue weighted by atomic mass is 10.0. The lowest BCUT2D eigenvalue weighted by Crippen LogP contribution is -2.24. The molecule has 0 fully saturated rings. The van der Waals surface area contributed by atoms with E-state index in [1.54, 1.807) is 42.5 Å². The van der Waals surface area contributed by atoms with Crippen LogP contribution in [0.5, 0.6) is 0 Å². The van der Waals surface area contributed by atoms with Gasteiger partial charge >= 0.3 is 0 Å². The third kappa shape index (κ3) is 2.61. The van der Waals surface area contributed by atoms with Crippen molar-refractivity contribution in [2.75, 3.05) is 11.1 Å². The molecule has 106 valence electrons. The number of aliphatic hydroxyl groups excluding tert-OH is 1. The molecule has 0 aliphatic carbocycles. The van der Waals surface area contributed by atoms with Gasteiger partial charge in [-0.1, -0.05) is 23.7 Å². The number of rotatable bonds is 1. The summed E-state index contributed by atoms with van der Waals surface area (Å²) in [6.07, 6.45) is -1.47. The maximum Gasteiger partial charge on any atom is 0.276 e. The first kappa shape index (κ1) is 13.6. The second-order valence-corrected chi connectivity index (χ2v) is 5.09. The molecular formula is C15H12ClN3O2. The monoisotopic (exact) mass is 301 g/mol. The van der Waals surface area contributed by atoms with E-state index in [0.29, 0.717) is 27.7 Å². The lowest BCUT2D eigenvalue weighted by molar-refractivity contribution is -0.123. The topological polar surface area (TPSA) is 87.7 Å². The first-order valence-corrected chi connectivity index (χ1v) is 6.65. The highest BCUT2D eigenvalue weighted by molar-refractivity contribution is 6.32. The van der Waals surface area contributed by atoms with Crippen LogP contribution < -0.4 is 11.1 Å². The zero-order valence-corrected chi connectivity index (χ0v) is 11.6. The molecule has 0 radical (unpaired) electrons. The highest BCUT2D eigenvalue weighted by Crippen LogP contribution is 2.27. The average Bonchev–Trinajstić information content (AvgIpc) is 2.58. The summed E-state index contributed by atoms with van der Waals surface area (Å²) >= 11 is 6.03. The zero-order chi connectivity index (χ0) is 15.0. The molecule has 21 heavy (non-hydrogen) atoms. The Hall–Kier alpha value is -2.37. The highest BCUT2D eigenvalue weighted by Gasteiger charge is 2.24. The number of benzodiazepines with no additional fused rings is 1. The predicted octanol–water partition coefficient (Wildman–Crippen LogP) is 2.03. The molecular weight excluding hydrogens is 290 g/mol. The molecule has 1 atom stereocenters. The third-order valence-corrected chi connectivity index (χ3v) is 3.40. The maximum atomic E-state index is 11.8. The van der Waals surface area contributed by atoms with Crippen LogP contribution in [0.1, 0.15) is 11.1 Å². The van der Waals surface area contributed by atoms with Gasteiger partial charge in [0.25, 0.3) is 5.91 Å². The number of carbonyl (C=O) groups excluding carboxylic acids is 1. The molecule has 1 amide bonds. The van der Waals surface area contributed by atoms with E-state index in [0.717, 1.165) is 5.56 Å². The van der Waals surface area contributed by atoms with Crippen LogP contribution in [0.3, 0.4) is 0 Å². The minimum atomic E-state index is -1.47. The number of amides is 1. The molecule has 6 heteroatoms. The van der Waals surface area contributed by atoms with Gasteiger partial charge in [-0.3, -0.25) is 4.79 Å². The molecule has 1 aliphatic heterocycles. The molecule has 4 N–H and O–H groups in total. The Bertz CT molecular complexity index is 741. The largest absolute Gasteiger partial charge is 0.399 e. The number of nitrogen functional groups attached to an aromatic ring is 1. The van der Waals surface area contributed by atoms with Crippen LogP contribution in [0.4, 0.5) is 11.4 Å². The average molecular weight is 302 g/mol. The van der Waals surface area contributed by atoms with Crippen molar-refractivity contribution in [2.45, 2.75) is 6.23 Å². The second kappa shape index (κ2) is 5.20. The number of aliphatic hydroxyl groups is 1. The first-order valence-electron chi connectivity index (χ1n) is 6.27. The van der Waals surface area contributed by atoms with Crippen LogP contribution in [-0.4, -0.2) is 23.0 Å². The van der Waals surface area contributed by atoms with Crippen LogP contribution in [0, 0.1) is 0 Å². The van der Waals surface area contributed by atoms with Gasteiger partial charge in [-0.15, -0.1) is 0 Å². The van der Waals surface area contributed by atoms with Crippen molar-refractivity contribution in [2.24, 2.45) is 4.99 Å². The van der Waals surface area contributed by atoms with Gasteiger partial charge in [-0.05, 0) is 30.3 Å². The van der Waals surface area contributed by atoms with Gasteiger partial charge in [-0.2, -0.15) is 0 Å². The number of fused-ring (bicyclic) bond motifs is 1. The minimum Gasteiger partial charge on any atom is -0.399 e. The number of anilines is 2. The smallest absolute Gasteiger partial charge is 0.276 e. The summed E-state index contributed by atoms with van der Waals surface area (Å²) in [6.45, 7) is 0. The van der Waals surface area contributed by atoms with Crippen LogP contribution >= 0.6 is 11.6 Å². The summed E-state index contributed by atoms with van der Waals surface area (Å²) in [5.74, 6) is -0.580. The van der Waals surface area contributed by atoms with Crippen molar-refractivity contribution in [3.63, 3.8) is 0 Å². The molecule has 0 spiro atoms. The van der Waals surface area contributed by atoms with Gasteiger partial charge in [0.15, 0.2) is 0 Å². The number of nitrogens with two attached hydrogens (primary N) is 1. The molecule has 0 saturated carbocycles. The summed E-state index contributed by atoms with van der Waals surface area (Å²) in [5, 5.41) is 13.0. The van der Waals surface area contributed by atoms with Gasteiger partial charge in [0.1, 0.15) is 0 Å². The fourth-order valence-electron chi connectivity index (χ4n) is 2.14. The number of halogens is 1. The van der Waals surface area contributed by atoms with Gasteiger partial charge in [-0.25, -0.2) is 4.99 Å². The quantitative estimate of drug-likeness (QED) is 0.704. The summed E-state index contributed by atoms with van der Waals surface area (Å²) in [7, 11) is 0. The van der Waals surface area contributed by atoms with E-state index < -0.39 is 12.1 Å². The van der Waals surface area contributed by atoms with Crippen molar-refractivity contribution >= 4 is 34.6 Å². The van der Waals surface area contributed by atoms with Gasteiger partial charge in [0.2, 0.25) is 6.23 Å². The number of aliphatic imine (C=N–C) groups is 1. The molecule has 0 aromatic heterocycles. The minimum absolute atomic E-state index is 0.485. The molecule has 2 aromatic carbocycles. The molecule has 1 aliphatic rings. The summed E-state index contributed by atoms with van der Waals surface area (Å²) in [6, 6.07) is 12.1. The van der Waals surface area contributed by atoms with E-state index in [-0.39, 0.29) is 0 Å². The highest BCUT2D eigenvalue weighted by atomic mass is 35.5. The molecule has 3 rings (SSSR count). The second-order valence-electron chi connectivity index (χ2n) is 4.65. The molecule has 1 heterocycles. The SMILES string of the molecule is Nc1ccc(C2=NC(O)C(=O)Nc3ccc(Cl)cc32)cc1. The number of nitrogens with zero attached hydrogens (tertiary/aromatic N) is 1. The Kier molecular flexibility index (Phi) is 3.37. The molecule has 5 nitrogen and oxygen atoms in total. The summed E-state index contributed by atoms with van der Waals surface area (Å²) in [4.78, 5) is 15.9. The van der Waals surface area contributed by atoms with Gasteiger partial charge in [0, 0.05) is 21.8 Å². The molecule has 0 saturated heterocycles. The van der Waals surface area contributed by atoms with Crippen molar-refractivity contribution in [1.29, 1.82) is 0 Å². The molecule has 0 bridgehead atoms. The number of benzene rings is 2. The Balaban J connectivity index is 2.21. The normalized spacial score (nSPS) is 17.5. The first-order chi connectivity index (χ1) is 10.0. The Morgan fingerprint density at radius 3 is 2.62 bits per heavy atom. The maximum absolute atomic E-state index is 11.8. The molecule has 1 unspecified atom stereocenters. The van der Waals surface area contributed by atoms with Crippen molar-refractivity contribution in [3.8, 4) is 0 Å². The number of carbonyl (C=O) groups is 1. The van der Waals surface area contributed by atoms with Crippen molar-refractivity contribution in [1.82, 2.24) is 0 Å². The third-order valence-electron chi connectivity index (χ3n) is 3.16. The summed E-state index contributed by atoms with van der Waals surface area (Å²) in [5.41, 5.74) is 8.72.